The number of hydrogen-bond donors (Lipinski definition) is 3. The van der Waals surface area contributed by atoms with Gasteiger partial charge in [0.15, 0.2) is 11.6 Å². The molecular weight excluding hydrogens is 457 g/mol. The molecule has 8 heteroatoms. The summed E-state index contributed by atoms with van der Waals surface area (Å²) in [6, 6.07) is 14.5. The fourth-order valence-electron chi connectivity index (χ4n) is 4.04. The van der Waals surface area contributed by atoms with E-state index in [-0.39, 0.29) is 24.2 Å². The summed E-state index contributed by atoms with van der Waals surface area (Å²) in [6.45, 7) is 10.3. The number of nitrogens with one attached hydrogen (secondary N) is 2. The molecule has 4 N–H and O–H groups in total. The Morgan fingerprint density at radius 3 is 2.50 bits per heavy atom. The maximum absolute atomic E-state index is 15.7. The first kappa shape index (κ1) is 25.0. The third kappa shape index (κ3) is 5.12. The van der Waals surface area contributed by atoms with Gasteiger partial charge in [-0.3, -0.25) is 5.41 Å². The van der Waals surface area contributed by atoms with E-state index in [2.05, 4.69) is 4.98 Å². The number of aromatic nitrogens is 2. The third-order valence-corrected chi connectivity index (χ3v) is 6.00. The van der Waals surface area contributed by atoms with Gasteiger partial charge in [0, 0.05) is 22.9 Å². The van der Waals surface area contributed by atoms with Gasteiger partial charge >= 0.3 is 0 Å². The van der Waals surface area contributed by atoms with E-state index in [0.29, 0.717) is 29.4 Å². The number of H-pyrrole nitrogens is 1. The highest BCUT2D eigenvalue weighted by molar-refractivity contribution is 5.95. The summed E-state index contributed by atoms with van der Waals surface area (Å²) in [6.07, 6.45) is -0.193. The van der Waals surface area contributed by atoms with Gasteiger partial charge in [0.1, 0.15) is 11.6 Å². The number of amidine groups is 1. The molecule has 0 aliphatic rings. The molecule has 3 aromatic carbocycles. The van der Waals surface area contributed by atoms with E-state index in [4.69, 9.17) is 25.6 Å². The lowest BCUT2D eigenvalue weighted by molar-refractivity contribution is 0.228. The van der Waals surface area contributed by atoms with E-state index in [9.17, 15) is 0 Å². The van der Waals surface area contributed by atoms with Crippen LogP contribution in [0.25, 0.3) is 11.0 Å². The molecule has 36 heavy (non-hydrogen) atoms. The summed E-state index contributed by atoms with van der Waals surface area (Å²) >= 11 is 0. The number of hydrogen-bond acceptors (Lipinski definition) is 5. The lowest BCUT2D eigenvalue weighted by Gasteiger charge is -2.24. The van der Waals surface area contributed by atoms with Crippen molar-refractivity contribution in [2.24, 2.45) is 5.73 Å². The second-order valence-corrected chi connectivity index (χ2v) is 9.00. The van der Waals surface area contributed by atoms with Crippen LogP contribution in [0.3, 0.4) is 0 Å². The van der Waals surface area contributed by atoms with Crippen LogP contribution in [0, 0.1) is 25.1 Å². The average Bonchev–Trinajstić information content (AvgIpc) is 3.27. The van der Waals surface area contributed by atoms with Crippen molar-refractivity contribution < 1.29 is 13.9 Å². The fraction of sp³-hybridized carbons (Fsp3) is 0.286. The lowest BCUT2D eigenvalue weighted by atomic mass is 10.1. The Labute approximate surface area is 210 Å². The van der Waals surface area contributed by atoms with Crippen molar-refractivity contribution in [1.82, 2.24) is 9.97 Å². The van der Waals surface area contributed by atoms with Gasteiger partial charge in [-0.05, 0) is 82.1 Å². The molecule has 1 aromatic heterocycles. The average molecular weight is 490 g/mol. The van der Waals surface area contributed by atoms with E-state index >= 15 is 4.39 Å². The molecule has 0 saturated carbocycles. The molecule has 0 bridgehead atoms. The predicted octanol–water partition coefficient (Wildman–Crippen LogP) is 6.13. The van der Waals surface area contributed by atoms with Crippen molar-refractivity contribution in [3.05, 3.63) is 76.6 Å². The van der Waals surface area contributed by atoms with Crippen LogP contribution in [0.1, 0.15) is 43.0 Å². The standard InChI is InChI=1S/C28H32FN5O2/c1-6-35-22-13-20(25(29)24(14-22)36-16(2)3)15-34(21-10-8-19(9-11-21)27(30)31)28-32-23-12-7-17(4)18(5)26(23)33-28/h7-14,16H,6,15H2,1-5H3,(H3,30,31)(H,32,33). The molecule has 188 valence electrons. The van der Waals surface area contributed by atoms with E-state index in [1.54, 1.807) is 24.3 Å². The molecule has 0 atom stereocenters. The molecule has 0 saturated heterocycles. The Morgan fingerprint density at radius 2 is 1.86 bits per heavy atom. The van der Waals surface area contributed by atoms with Gasteiger partial charge in [-0.1, -0.05) is 6.07 Å². The van der Waals surface area contributed by atoms with E-state index < -0.39 is 5.82 Å². The highest BCUT2D eigenvalue weighted by Gasteiger charge is 2.21. The lowest BCUT2D eigenvalue weighted by Crippen LogP contribution is -2.20. The Hall–Kier alpha value is -4.07. The minimum Gasteiger partial charge on any atom is -0.494 e. The predicted molar refractivity (Wildman–Crippen MR) is 142 cm³/mol. The molecule has 0 unspecified atom stereocenters. The smallest absolute Gasteiger partial charge is 0.208 e. The molecule has 7 nitrogen and oxygen atoms in total. The highest BCUT2D eigenvalue weighted by atomic mass is 19.1. The number of anilines is 2. The van der Waals surface area contributed by atoms with E-state index in [0.717, 1.165) is 27.8 Å². The maximum Gasteiger partial charge on any atom is 0.208 e. The van der Waals surface area contributed by atoms with Crippen LogP contribution < -0.4 is 20.1 Å². The number of nitrogens with zero attached hydrogens (tertiary/aromatic N) is 2. The number of halogens is 1. The number of rotatable bonds is 9. The number of aromatic amines is 1. The number of fused-ring (bicyclic) bond motifs is 1. The summed E-state index contributed by atoms with van der Waals surface area (Å²) in [5.74, 6) is 0.790. The van der Waals surface area contributed by atoms with Gasteiger partial charge in [0.05, 0.1) is 30.3 Å². The van der Waals surface area contributed by atoms with Crippen LogP contribution in [0.15, 0.2) is 48.5 Å². The second kappa shape index (κ2) is 10.3. The van der Waals surface area contributed by atoms with Crippen molar-refractivity contribution in [2.75, 3.05) is 11.5 Å². The van der Waals surface area contributed by atoms with Gasteiger partial charge in [-0.25, -0.2) is 9.37 Å². The van der Waals surface area contributed by atoms with Gasteiger partial charge < -0.3 is 25.1 Å². The van der Waals surface area contributed by atoms with E-state index in [1.165, 1.54) is 0 Å². The molecule has 0 aliphatic carbocycles. The Bertz CT molecular complexity index is 1400. The summed E-state index contributed by atoms with van der Waals surface area (Å²) in [5, 5.41) is 7.71. The van der Waals surface area contributed by atoms with Crippen LogP contribution in [0.5, 0.6) is 11.5 Å². The fourth-order valence-corrected chi connectivity index (χ4v) is 4.04. The number of benzene rings is 3. The first-order valence-corrected chi connectivity index (χ1v) is 12.0. The van der Waals surface area contributed by atoms with Gasteiger partial charge in [-0.2, -0.15) is 0 Å². The highest BCUT2D eigenvalue weighted by Crippen LogP contribution is 2.34. The topological polar surface area (TPSA) is 100 Å². The maximum atomic E-state index is 15.7. The Kier molecular flexibility index (Phi) is 7.15. The summed E-state index contributed by atoms with van der Waals surface area (Å²) in [4.78, 5) is 10.2. The van der Waals surface area contributed by atoms with Crippen molar-refractivity contribution in [1.29, 1.82) is 5.41 Å². The van der Waals surface area contributed by atoms with Crippen molar-refractivity contribution in [3.63, 3.8) is 0 Å². The number of nitrogens with two attached hydrogens (primary N) is 1. The molecule has 0 amide bonds. The summed E-state index contributed by atoms with van der Waals surface area (Å²) in [5.41, 5.74) is 11.4. The van der Waals surface area contributed by atoms with Gasteiger partial charge in [0.25, 0.3) is 0 Å². The molecule has 0 fully saturated rings. The molecular formula is C28H32FN5O2. The second-order valence-electron chi connectivity index (χ2n) is 9.00. The molecule has 1 heterocycles. The largest absolute Gasteiger partial charge is 0.494 e. The van der Waals surface area contributed by atoms with Crippen LogP contribution in [-0.2, 0) is 6.54 Å². The monoisotopic (exact) mass is 489 g/mol. The van der Waals surface area contributed by atoms with Crippen LogP contribution in [-0.4, -0.2) is 28.5 Å². The molecule has 0 spiro atoms. The minimum atomic E-state index is -0.444. The normalized spacial score (nSPS) is 11.2. The zero-order valence-corrected chi connectivity index (χ0v) is 21.3. The van der Waals surface area contributed by atoms with Crippen molar-refractivity contribution in [3.8, 4) is 11.5 Å². The minimum absolute atomic E-state index is 0.0196. The molecule has 4 rings (SSSR count). The first-order chi connectivity index (χ1) is 17.2. The summed E-state index contributed by atoms with van der Waals surface area (Å²) in [7, 11) is 0. The van der Waals surface area contributed by atoms with Crippen LogP contribution in [0.2, 0.25) is 0 Å². The zero-order chi connectivity index (χ0) is 26.0. The van der Waals surface area contributed by atoms with Crippen LogP contribution >= 0.6 is 0 Å². The van der Waals surface area contributed by atoms with Crippen molar-refractivity contribution >= 4 is 28.5 Å². The Balaban J connectivity index is 1.84. The number of imidazole rings is 1. The number of ether oxygens (including phenoxy) is 2. The van der Waals surface area contributed by atoms with Gasteiger partial charge in [0.2, 0.25) is 5.95 Å². The Morgan fingerprint density at radius 1 is 1.14 bits per heavy atom. The van der Waals surface area contributed by atoms with Gasteiger partial charge in [-0.15, -0.1) is 0 Å². The first-order valence-electron chi connectivity index (χ1n) is 12.0. The SMILES string of the molecule is CCOc1cc(CN(c2ccc(C(=N)N)cc2)c2nc3c(C)c(C)ccc3[nH]2)c(F)c(OC(C)C)c1. The number of aryl methyl sites for hydroxylation is 2. The zero-order valence-electron chi connectivity index (χ0n) is 21.3. The van der Waals surface area contributed by atoms with E-state index in [1.807, 2.05) is 63.8 Å². The third-order valence-electron chi connectivity index (χ3n) is 6.00. The van der Waals surface area contributed by atoms with Crippen LogP contribution in [0.4, 0.5) is 16.0 Å². The number of nitrogen functional groups attached to an aromatic ring is 1. The summed E-state index contributed by atoms with van der Waals surface area (Å²) < 4.78 is 27.1. The quantitative estimate of drug-likeness (QED) is 0.194. The molecule has 4 aromatic rings. The van der Waals surface area contributed by atoms with Crippen molar-refractivity contribution in [2.45, 2.75) is 47.3 Å². The molecule has 0 aliphatic heterocycles. The molecule has 0 radical (unpaired) electrons.